The van der Waals surface area contributed by atoms with E-state index in [1.165, 1.54) is 25.2 Å². The molecular weight excluding hydrogens is 473 g/mol. The first-order chi connectivity index (χ1) is 16.3. The number of anilines is 2. The molecule has 1 aliphatic rings. The number of hydrogen-bond acceptors (Lipinski definition) is 4. The fourth-order valence-electron chi connectivity index (χ4n) is 4.66. The van der Waals surface area contributed by atoms with Crippen LogP contribution in [-0.4, -0.2) is 18.7 Å². The van der Waals surface area contributed by atoms with Crippen molar-refractivity contribution in [3.05, 3.63) is 64.8 Å². The van der Waals surface area contributed by atoms with Gasteiger partial charge in [-0.05, 0) is 67.6 Å². The van der Waals surface area contributed by atoms with Gasteiger partial charge >= 0.3 is 0 Å². The van der Waals surface area contributed by atoms with E-state index in [9.17, 15) is 4.21 Å². The summed E-state index contributed by atoms with van der Waals surface area (Å²) in [6.07, 6.45) is 8.00. The Morgan fingerprint density at radius 2 is 1.91 bits per heavy atom. The minimum atomic E-state index is -1.64. The molecule has 1 aliphatic carbocycles. The molecule has 6 nitrogen and oxygen atoms in total. The summed E-state index contributed by atoms with van der Waals surface area (Å²) >= 11 is 6.15. The zero-order valence-electron chi connectivity index (χ0n) is 18.9. The molecular formula is C25H25ClFN5OS. The molecule has 0 radical (unpaired) electrons. The Morgan fingerprint density at radius 1 is 1.15 bits per heavy atom. The highest BCUT2D eigenvalue weighted by Gasteiger charge is 2.23. The molecule has 2 aromatic heterocycles. The number of fused-ring (bicyclic) bond motifs is 1. The van der Waals surface area contributed by atoms with Gasteiger partial charge < -0.3 is 10.3 Å². The maximum atomic E-state index is 15.2. The fourth-order valence-corrected chi connectivity index (χ4v) is 5.99. The second kappa shape index (κ2) is 9.00. The van der Waals surface area contributed by atoms with Crippen LogP contribution in [-0.2, 0) is 11.0 Å². The van der Waals surface area contributed by atoms with Gasteiger partial charge in [-0.2, -0.15) is 0 Å². The van der Waals surface area contributed by atoms with E-state index in [1.54, 1.807) is 24.3 Å². The Bertz CT molecular complexity index is 1430. The summed E-state index contributed by atoms with van der Waals surface area (Å²) in [6.45, 7) is 3.67. The molecule has 1 unspecified atom stereocenters. The van der Waals surface area contributed by atoms with E-state index < -0.39 is 16.8 Å². The van der Waals surface area contributed by atoms with Crippen LogP contribution in [0.2, 0.25) is 5.02 Å². The van der Waals surface area contributed by atoms with Crippen LogP contribution in [0.4, 0.5) is 15.9 Å². The second-order valence-corrected chi connectivity index (χ2v) is 10.4. The lowest BCUT2D eigenvalue weighted by Gasteiger charge is -2.12. The normalized spacial score (nSPS) is 15.2. The lowest BCUT2D eigenvalue weighted by Crippen LogP contribution is -2.08. The molecule has 1 atom stereocenters. The third-order valence-electron chi connectivity index (χ3n) is 6.50. The molecule has 0 bridgehead atoms. The summed E-state index contributed by atoms with van der Waals surface area (Å²) in [5.74, 6) is -0.139. The molecule has 0 amide bonds. The van der Waals surface area contributed by atoms with Crippen LogP contribution >= 0.6 is 11.6 Å². The highest BCUT2D eigenvalue weighted by atomic mass is 35.5. The molecule has 1 saturated carbocycles. The van der Waals surface area contributed by atoms with Crippen LogP contribution < -0.4 is 10.5 Å². The van der Waals surface area contributed by atoms with Gasteiger partial charge in [-0.3, -0.25) is 4.72 Å². The monoisotopic (exact) mass is 497 g/mol. The van der Waals surface area contributed by atoms with Gasteiger partial charge in [-0.25, -0.2) is 18.6 Å². The number of halogens is 2. The summed E-state index contributed by atoms with van der Waals surface area (Å²) in [5.41, 5.74) is 10.2. The summed E-state index contributed by atoms with van der Waals surface area (Å²) < 4.78 is 33.0. The topological polar surface area (TPSA) is 85.8 Å². The zero-order chi connectivity index (χ0) is 24.0. The van der Waals surface area contributed by atoms with Crippen molar-refractivity contribution in [3.63, 3.8) is 0 Å². The SMILES string of the molecule is Cc1cc(S(=O)Nc2ccc(-c3cn(C4CCCC4)c4ncnc(N)c34)cc2F)c(C)cc1Cl. The van der Waals surface area contributed by atoms with Gasteiger partial charge in [0.15, 0.2) is 11.0 Å². The van der Waals surface area contributed by atoms with Crippen LogP contribution in [0, 0.1) is 19.7 Å². The molecule has 0 aliphatic heterocycles. The van der Waals surface area contributed by atoms with E-state index in [0.717, 1.165) is 40.6 Å². The van der Waals surface area contributed by atoms with E-state index in [-0.39, 0.29) is 5.69 Å². The van der Waals surface area contributed by atoms with Crippen LogP contribution in [0.1, 0.15) is 42.9 Å². The van der Waals surface area contributed by atoms with Crippen molar-refractivity contribution >= 4 is 45.1 Å². The summed E-state index contributed by atoms with van der Waals surface area (Å²) in [4.78, 5) is 9.21. The minimum Gasteiger partial charge on any atom is -0.383 e. The third-order valence-corrected chi connectivity index (χ3v) is 8.15. The predicted octanol–water partition coefficient (Wildman–Crippen LogP) is 6.34. The van der Waals surface area contributed by atoms with Crippen molar-refractivity contribution in [2.75, 3.05) is 10.5 Å². The molecule has 5 rings (SSSR count). The molecule has 34 heavy (non-hydrogen) atoms. The van der Waals surface area contributed by atoms with E-state index in [1.807, 2.05) is 20.0 Å². The average Bonchev–Trinajstić information content (AvgIpc) is 3.46. The van der Waals surface area contributed by atoms with Gasteiger partial charge in [-0.15, -0.1) is 0 Å². The molecule has 4 aromatic rings. The second-order valence-electron chi connectivity index (χ2n) is 8.78. The number of hydrogen-bond donors (Lipinski definition) is 2. The highest BCUT2D eigenvalue weighted by molar-refractivity contribution is 7.86. The molecule has 9 heteroatoms. The first kappa shape index (κ1) is 22.8. The average molecular weight is 498 g/mol. The zero-order valence-corrected chi connectivity index (χ0v) is 20.5. The lowest BCUT2D eigenvalue weighted by atomic mass is 10.1. The minimum absolute atomic E-state index is 0.151. The highest BCUT2D eigenvalue weighted by Crippen LogP contribution is 2.39. The maximum absolute atomic E-state index is 15.2. The molecule has 2 heterocycles. The van der Waals surface area contributed by atoms with Crippen molar-refractivity contribution < 1.29 is 8.60 Å². The van der Waals surface area contributed by atoms with E-state index in [2.05, 4.69) is 19.3 Å². The van der Waals surface area contributed by atoms with Gasteiger partial charge in [0.1, 0.15) is 23.6 Å². The van der Waals surface area contributed by atoms with Gasteiger partial charge in [0.2, 0.25) is 0 Å². The first-order valence-electron chi connectivity index (χ1n) is 11.2. The van der Waals surface area contributed by atoms with Crippen molar-refractivity contribution in [2.45, 2.75) is 50.5 Å². The molecule has 0 saturated heterocycles. The molecule has 1 fully saturated rings. The number of aryl methyl sites for hydroxylation is 2. The van der Waals surface area contributed by atoms with Crippen LogP contribution in [0.15, 0.2) is 47.8 Å². The van der Waals surface area contributed by atoms with Crippen molar-refractivity contribution in [3.8, 4) is 11.1 Å². The van der Waals surface area contributed by atoms with E-state index in [0.29, 0.717) is 27.3 Å². The summed E-state index contributed by atoms with van der Waals surface area (Å²) in [5, 5.41) is 1.33. The third kappa shape index (κ3) is 4.05. The number of benzene rings is 2. The molecule has 2 aromatic carbocycles. The van der Waals surface area contributed by atoms with Crippen molar-refractivity contribution in [1.29, 1.82) is 0 Å². The van der Waals surface area contributed by atoms with E-state index in [4.69, 9.17) is 17.3 Å². The molecule has 3 N–H and O–H groups in total. The number of aromatic nitrogens is 3. The number of nitrogens with one attached hydrogen (secondary N) is 1. The molecule has 0 spiro atoms. The number of rotatable bonds is 5. The van der Waals surface area contributed by atoms with Gasteiger partial charge in [0.25, 0.3) is 0 Å². The van der Waals surface area contributed by atoms with Crippen LogP contribution in [0.5, 0.6) is 0 Å². The van der Waals surface area contributed by atoms with Gasteiger partial charge in [0, 0.05) is 22.8 Å². The molecule has 176 valence electrons. The largest absolute Gasteiger partial charge is 0.383 e. The number of nitrogens with zero attached hydrogens (tertiary/aromatic N) is 3. The lowest BCUT2D eigenvalue weighted by molar-refractivity contribution is 0.532. The van der Waals surface area contributed by atoms with Crippen LogP contribution in [0.3, 0.4) is 0 Å². The van der Waals surface area contributed by atoms with Gasteiger partial charge in [0.05, 0.1) is 16.0 Å². The number of nitrogen functional groups attached to an aromatic ring is 1. The van der Waals surface area contributed by atoms with E-state index >= 15 is 4.39 Å². The Hall–Kier alpha value is -2.97. The summed E-state index contributed by atoms with van der Waals surface area (Å²) in [7, 11) is -1.64. The maximum Gasteiger partial charge on any atom is 0.150 e. The Labute approximate surface area is 205 Å². The smallest absolute Gasteiger partial charge is 0.150 e. The Balaban J connectivity index is 1.50. The fraction of sp³-hybridized carbons (Fsp3) is 0.280. The Morgan fingerprint density at radius 3 is 2.65 bits per heavy atom. The van der Waals surface area contributed by atoms with Gasteiger partial charge in [-0.1, -0.05) is 30.5 Å². The quantitative estimate of drug-likeness (QED) is 0.337. The number of nitrogens with two attached hydrogens (primary N) is 1. The van der Waals surface area contributed by atoms with Crippen molar-refractivity contribution in [1.82, 2.24) is 14.5 Å². The standard InChI is InChI=1S/C25H25ClFN5OS/c1-14-10-22(15(2)9-19(14)26)34(33)31-21-8-7-16(11-20(21)27)18-12-32(17-5-3-4-6-17)25-23(18)24(28)29-13-30-25/h7-13,17,31H,3-6H2,1-2H3,(H2,28,29,30). The predicted molar refractivity (Wildman–Crippen MR) is 136 cm³/mol. The summed E-state index contributed by atoms with van der Waals surface area (Å²) in [6, 6.07) is 8.69. The van der Waals surface area contributed by atoms with Crippen LogP contribution in [0.25, 0.3) is 22.2 Å². The first-order valence-corrected chi connectivity index (χ1v) is 12.7. The Kier molecular flexibility index (Phi) is 6.04. The van der Waals surface area contributed by atoms with Crippen molar-refractivity contribution in [2.24, 2.45) is 0 Å².